The Bertz CT molecular complexity index is 75.7. The van der Waals surface area contributed by atoms with Gasteiger partial charge in [-0.1, -0.05) is 0 Å². The van der Waals surface area contributed by atoms with E-state index in [4.69, 9.17) is 13.6 Å². The van der Waals surface area contributed by atoms with Gasteiger partial charge >= 0.3 is 23.2 Å². The molecule has 0 unspecified atom stereocenters. The van der Waals surface area contributed by atoms with Gasteiger partial charge in [0, 0.05) is 0 Å². The van der Waals surface area contributed by atoms with Crippen molar-refractivity contribution in [1.82, 2.24) is 0 Å². The molecule has 92 valence electrons. The molecular weight excluding hydrogens is 311 g/mol. The van der Waals surface area contributed by atoms with E-state index in [-0.39, 0.29) is 24.8 Å². The molecule has 0 heterocycles. The van der Waals surface area contributed by atoms with Crippen molar-refractivity contribution in [3.8, 4) is 0 Å². The first-order valence-corrected chi connectivity index (χ1v) is 4.43. The quantitative estimate of drug-likeness (QED) is 0.669. The van der Waals surface area contributed by atoms with Crippen LogP contribution in [0.1, 0.15) is 41.5 Å². The van der Waals surface area contributed by atoms with Gasteiger partial charge in [-0.15, -0.1) is 24.8 Å². The summed E-state index contributed by atoms with van der Waals surface area (Å²) < 4.78 is 8.26. The van der Waals surface area contributed by atoms with E-state index in [9.17, 15) is 0 Å². The van der Waals surface area contributed by atoms with Gasteiger partial charge in [-0.3, -0.25) is 0 Å². The second kappa shape index (κ2) is 14.0. The Balaban J connectivity index is -0.0000000292. The van der Waals surface area contributed by atoms with Crippen LogP contribution in [-0.2, 0) is 23.2 Å². The molecule has 0 aliphatic carbocycles. The summed E-state index contributed by atoms with van der Waals surface area (Å²) in [5, 5.41) is 17.0. The van der Waals surface area contributed by atoms with Crippen LogP contribution >= 0.6 is 24.8 Å². The molecule has 0 aliphatic rings. The molecule has 0 amide bonds. The van der Waals surface area contributed by atoms with Crippen molar-refractivity contribution in [1.29, 1.82) is 0 Å². The van der Waals surface area contributed by atoms with Gasteiger partial charge in [-0.05, 0) is 41.5 Å². The van der Waals surface area contributed by atoms with Gasteiger partial charge in [0.2, 0.25) is 0 Å². The first-order valence-electron chi connectivity index (χ1n) is 3.61. The molecule has 3 nitrogen and oxygen atoms in total. The maximum absolute atomic E-state index is 8.52. The minimum atomic E-state index is -0.500. The zero-order chi connectivity index (χ0) is 11.0. The zero-order valence-electron chi connectivity index (χ0n) is 9.53. The molecule has 0 aromatic carbocycles. The van der Waals surface area contributed by atoms with Crippen LogP contribution in [0.15, 0.2) is 0 Å². The Hall–Kier alpha value is 0.988. The fraction of sp³-hybridized carbons (Fsp3) is 1.00. The number of halogens is 2. The van der Waals surface area contributed by atoms with Crippen LogP contribution in [0.5, 0.6) is 0 Å². The van der Waals surface area contributed by atoms with E-state index in [2.05, 4.69) is 0 Å². The predicted octanol–water partition coefficient (Wildman–Crippen LogP) is 2.28. The van der Waals surface area contributed by atoms with Crippen molar-refractivity contribution < 1.29 is 33.4 Å². The average molecular weight is 333 g/mol. The van der Waals surface area contributed by atoms with Gasteiger partial charge in [-0.25, -0.2) is 0 Å². The van der Waals surface area contributed by atoms with Crippen molar-refractivity contribution in [2.45, 2.75) is 52.7 Å². The standard InChI is InChI=1S/2C4H10O.2ClH.Mo.O/c2*1-4(2,3)5;;;;/h2*5H,1-3H3;2*1H;;. The van der Waals surface area contributed by atoms with Crippen LogP contribution < -0.4 is 0 Å². The summed E-state index contributed by atoms with van der Waals surface area (Å²) in [4.78, 5) is 0. The summed E-state index contributed by atoms with van der Waals surface area (Å²) in [6.45, 7) is 10.5. The van der Waals surface area contributed by atoms with Gasteiger partial charge in [0.1, 0.15) is 0 Å². The summed E-state index contributed by atoms with van der Waals surface area (Å²) in [6, 6.07) is 0. The molecule has 0 saturated heterocycles. The summed E-state index contributed by atoms with van der Waals surface area (Å²) in [5.41, 5.74) is -1.00. The van der Waals surface area contributed by atoms with Crippen molar-refractivity contribution >= 4 is 24.8 Å². The summed E-state index contributed by atoms with van der Waals surface area (Å²) in [5.74, 6) is 0. The van der Waals surface area contributed by atoms with Crippen molar-refractivity contribution in [3.63, 3.8) is 0 Å². The van der Waals surface area contributed by atoms with Gasteiger partial charge in [0.15, 0.2) is 0 Å². The van der Waals surface area contributed by atoms with Crippen LogP contribution in [-0.4, -0.2) is 21.4 Å². The van der Waals surface area contributed by atoms with E-state index in [0.717, 1.165) is 0 Å². The first-order chi connectivity index (χ1) is 5.00. The maximum atomic E-state index is 8.52. The Morgan fingerprint density at radius 1 is 0.714 bits per heavy atom. The molecule has 0 bridgehead atoms. The normalized spacial score (nSPS) is 8.86. The topological polar surface area (TPSA) is 57.5 Å². The van der Waals surface area contributed by atoms with Crippen LogP contribution in [0, 0.1) is 0 Å². The van der Waals surface area contributed by atoms with Crippen LogP contribution in [0.3, 0.4) is 0 Å². The Morgan fingerprint density at radius 2 is 0.714 bits per heavy atom. The van der Waals surface area contributed by atoms with Crippen LogP contribution in [0.25, 0.3) is 0 Å². The van der Waals surface area contributed by atoms with Crippen LogP contribution in [0.4, 0.5) is 0 Å². The molecule has 0 aromatic heterocycles. The van der Waals surface area contributed by atoms with Crippen molar-refractivity contribution in [3.05, 3.63) is 0 Å². The van der Waals surface area contributed by atoms with Gasteiger partial charge in [0.25, 0.3) is 0 Å². The summed E-state index contributed by atoms with van der Waals surface area (Å²) in [7, 11) is 0. The van der Waals surface area contributed by atoms with Gasteiger partial charge in [-0.2, -0.15) is 0 Å². The Labute approximate surface area is 111 Å². The molecule has 0 atom stereocenters. The van der Waals surface area contributed by atoms with E-state index in [1.807, 2.05) is 0 Å². The molecule has 14 heavy (non-hydrogen) atoms. The van der Waals surface area contributed by atoms with E-state index < -0.39 is 11.2 Å². The third kappa shape index (κ3) is 1910. The summed E-state index contributed by atoms with van der Waals surface area (Å²) in [6.07, 6.45) is 0. The number of hydrogen-bond acceptors (Lipinski definition) is 3. The number of hydrogen-bond donors (Lipinski definition) is 2. The molecule has 0 aliphatic heterocycles. The molecular formula is C8H22Cl2MoO3. The second-order valence-corrected chi connectivity index (χ2v) is 4.34. The molecule has 0 fully saturated rings. The first kappa shape index (κ1) is 29.4. The molecule has 0 spiro atoms. The number of rotatable bonds is 0. The Kier molecular flexibility index (Phi) is 29.4. The third-order valence-corrected chi connectivity index (χ3v) is 0. The molecule has 0 rings (SSSR count). The SMILES string of the molecule is CC(C)(C)O.CC(C)(C)O.Cl.Cl.[O]=[Mo]. The van der Waals surface area contributed by atoms with E-state index in [1.54, 1.807) is 41.5 Å². The number of aliphatic hydroxyl groups is 2. The average Bonchev–Trinajstić information content (AvgIpc) is 1.59. The molecule has 0 aromatic rings. The predicted molar refractivity (Wildman–Crippen MR) is 59.1 cm³/mol. The van der Waals surface area contributed by atoms with E-state index >= 15 is 0 Å². The fourth-order valence-corrected chi connectivity index (χ4v) is 0. The molecule has 0 radical (unpaired) electrons. The van der Waals surface area contributed by atoms with E-state index in [1.165, 1.54) is 0 Å². The zero-order valence-corrected chi connectivity index (χ0v) is 13.2. The fourth-order valence-electron chi connectivity index (χ4n) is 0. The molecule has 6 heteroatoms. The molecule has 2 N–H and O–H groups in total. The second-order valence-electron chi connectivity index (χ2n) is 4.34. The third-order valence-electron chi connectivity index (χ3n) is 0. The van der Waals surface area contributed by atoms with Crippen LogP contribution in [0.2, 0.25) is 0 Å². The minimum absolute atomic E-state index is 0. The molecule has 0 saturated carbocycles. The van der Waals surface area contributed by atoms with Gasteiger partial charge < -0.3 is 10.2 Å². The monoisotopic (exact) mass is 334 g/mol. The summed E-state index contributed by atoms with van der Waals surface area (Å²) >= 11 is 0.700. The van der Waals surface area contributed by atoms with Crippen molar-refractivity contribution in [2.75, 3.05) is 0 Å². The Morgan fingerprint density at radius 3 is 0.714 bits per heavy atom. The van der Waals surface area contributed by atoms with Gasteiger partial charge in [0.05, 0.1) is 11.2 Å². The van der Waals surface area contributed by atoms with E-state index in [0.29, 0.717) is 19.8 Å². The van der Waals surface area contributed by atoms with Crippen molar-refractivity contribution in [2.24, 2.45) is 0 Å².